The summed E-state index contributed by atoms with van der Waals surface area (Å²) >= 11 is 0. The molecule has 4 nitrogen and oxygen atoms in total. The van der Waals surface area contributed by atoms with Crippen LogP contribution in [0.3, 0.4) is 0 Å². The zero-order valence-electron chi connectivity index (χ0n) is 12.8. The van der Waals surface area contributed by atoms with Crippen molar-refractivity contribution in [1.29, 1.82) is 0 Å². The lowest BCUT2D eigenvalue weighted by atomic mass is 10.3. The molecule has 1 aromatic rings. The van der Waals surface area contributed by atoms with Crippen molar-refractivity contribution in [1.82, 2.24) is 0 Å². The minimum absolute atomic E-state index is 0.806. The first kappa shape index (κ1) is 15.1. The molecule has 0 aromatic heterocycles. The van der Waals surface area contributed by atoms with Gasteiger partial charge in [-0.3, -0.25) is 0 Å². The Morgan fingerprint density at radius 2 is 1.55 bits per heavy atom. The Morgan fingerprint density at radius 3 is 2.15 bits per heavy atom. The van der Waals surface area contributed by atoms with Gasteiger partial charge in [-0.2, -0.15) is 0 Å². The van der Waals surface area contributed by atoms with Crippen LogP contribution in [-0.4, -0.2) is 53.0 Å². The predicted molar refractivity (Wildman–Crippen MR) is 79.9 cm³/mol. The number of methoxy groups -OCH3 is 1. The van der Waals surface area contributed by atoms with Gasteiger partial charge >= 0.3 is 0 Å². The second-order valence-corrected chi connectivity index (χ2v) is 5.48. The molecule has 1 aliphatic heterocycles. The van der Waals surface area contributed by atoms with Gasteiger partial charge in [0.1, 0.15) is 37.7 Å². The van der Waals surface area contributed by atoms with Crippen molar-refractivity contribution in [2.24, 2.45) is 0 Å². The molecule has 0 spiro atoms. The van der Waals surface area contributed by atoms with E-state index >= 15 is 0 Å². The van der Waals surface area contributed by atoms with Gasteiger partial charge in [-0.05, 0) is 31.2 Å². The second-order valence-electron chi connectivity index (χ2n) is 5.48. The Kier molecular flexibility index (Phi) is 6.15. The molecule has 0 unspecified atom stereocenters. The van der Waals surface area contributed by atoms with Gasteiger partial charge in [-0.1, -0.05) is 0 Å². The van der Waals surface area contributed by atoms with Crippen molar-refractivity contribution >= 4 is 0 Å². The lowest BCUT2D eigenvalue weighted by molar-refractivity contribution is -1.01. The molecule has 2 rings (SSSR count). The smallest absolute Gasteiger partial charge is 0.127 e. The number of ether oxygens (including phenoxy) is 2. The van der Waals surface area contributed by atoms with Crippen LogP contribution in [0.15, 0.2) is 24.3 Å². The maximum atomic E-state index is 5.76. The second kappa shape index (κ2) is 8.12. The molecule has 112 valence electrons. The highest BCUT2D eigenvalue weighted by Crippen LogP contribution is 2.16. The molecule has 1 heterocycles. The minimum Gasteiger partial charge on any atom is -0.497 e. The van der Waals surface area contributed by atoms with Gasteiger partial charge in [-0.15, -0.1) is 0 Å². The molecule has 1 saturated heterocycles. The highest BCUT2D eigenvalue weighted by molar-refractivity contribution is 5.31. The summed E-state index contributed by atoms with van der Waals surface area (Å²) in [7, 11) is 1.68. The standard InChI is InChI=1S/C16H26N2O2/c1-3-17-10-12-18(13-11-17)9-4-14-20-16-7-5-15(19-2)6-8-16/h5-8H,3-4,9-14H2,1-2H3/p+2. The van der Waals surface area contributed by atoms with E-state index in [-0.39, 0.29) is 0 Å². The van der Waals surface area contributed by atoms with Crippen LogP contribution >= 0.6 is 0 Å². The topological polar surface area (TPSA) is 27.3 Å². The van der Waals surface area contributed by atoms with E-state index in [4.69, 9.17) is 9.47 Å². The van der Waals surface area contributed by atoms with Crippen LogP contribution in [0.2, 0.25) is 0 Å². The van der Waals surface area contributed by atoms with Crippen LogP contribution < -0.4 is 19.3 Å². The number of nitrogens with one attached hydrogen (secondary N) is 2. The van der Waals surface area contributed by atoms with Crippen LogP contribution in [0.25, 0.3) is 0 Å². The number of quaternary nitrogens is 2. The van der Waals surface area contributed by atoms with Crippen molar-refractivity contribution < 1.29 is 19.3 Å². The van der Waals surface area contributed by atoms with E-state index in [9.17, 15) is 0 Å². The average Bonchev–Trinajstić information content (AvgIpc) is 2.53. The number of likely N-dealkylation sites (N-methyl/N-ethyl adjacent to an activating group) is 1. The van der Waals surface area contributed by atoms with Gasteiger partial charge in [0.15, 0.2) is 0 Å². The summed E-state index contributed by atoms with van der Waals surface area (Å²) in [5.74, 6) is 1.80. The molecule has 0 radical (unpaired) electrons. The molecule has 1 aromatic carbocycles. The van der Waals surface area contributed by atoms with Gasteiger partial charge in [0.05, 0.1) is 26.8 Å². The van der Waals surface area contributed by atoms with Crippen LogP contribution in [0.1, 0.15) is 13.3 Å². The van der Waals surface area contributed by atoms with E-state index in [2.05, 4.69) is 6.92 Å². The molecule has 20 heavy (non-hydrogen) atoms. The summed E-state index contributed by atoms with van der Waals surface area (Å²) < 4.78 is 10.9. The average molecular weight is 280 g/mol. The van der Waals surface area contributed by atoms with Crippen LogP contribution in [0.5, 0.6) is 11.5 Å². The minimum atomic E-state index is 0.806. The third-order valence-corrected chi connectivity index (χ3v) is 4.17. The molecular weight excluding hydrogens is 252 g/mol. The van der Waals surface area contributed by atoms with Gasteiger partial charge in [0.2, 0.25) is 0 Å². The van der Waals surface area contributed by atoms with Gasteiger partial charge in [0, 0.05) is 6.42 Å². The fourth-order valence-corrected chi connectivity index (χ4v) is 2.74. The summed E-state index contributed by atoms with van der Waals surface area (Å²) in [6.07, 6.45) is 1.13. The van der Waals surface area contributed by atoms with E-state index < -0.39 is 0 Å². The normalized spacial score (nSPS) is 22.5. The maximum absolute atomic E-state index is 5.76. The first-order valence-electron chi connectivity index (χ1n) is 7.75. The summed E-state index contributed by atoms with van der Waals surface area (Å²) in [5, 5.41) is 0. The zero-order valence-corrected chi connectivity index (χ0v) is 12.8. The predicted octanol–water partition coefficient (Wildman–Crippen LogP) is -0.733. The SMILES string of the molecule is CC[NH+]1CC[NH+](CCCOc2ccc(OC)cc2)CC1. The molecule has 2 N–H and O–H groups in total. The number of hydrogen-bond donors (Lipinski definition) is 2. The van der Waals surface area contributed by atoms with Gasteiger partial charge < -0.3 is 19.3 Å². The highest BCUT2D eigenvalue weighted by atomic mass is 16.5. The third kappa shape index (κ3) is 4.69. The van der Waals surface area contributed by atoms with Crippen molar-refractivity contribution in [3.63, 3.8) is 0 Å². The third-order valence-electron chi connectivity index (χ3n) is 4.17. The van der Waals surface area contributed by atoms with E-state index in [0.717, 1.165) is 24.5 Å². The summed E-state index contributed by atoms with van der Waals surface area (Å²) in [6.45, 7) is 10.9. The molecule has 0 amide bonds. The Bertz CT molecular complexity index is 373. The highest BCUT2D eigenvalue weighted by Gasteiger charge is 2.20. The van der Waals surface area contributed by atoms with E-state index in [1.54, 1.807) is 16.9 Å². The summed E-state index contributed by atoms with van der Waals surface area (Å²) in [6, 6.07) is 7.81. The lowest BCUT2D eigenvalue weighted by Gasteiger charge is -2.28. The zero-order chi connectivity index (χ0) is 14.2. The molecular formula is C16H28N2O2+2. The van der Waals surface area contributed by atoms with Crippen molar-refractivity contribution in [2.75, 3.05) is 53.0 Å². The fourth-order valence-electron chi connectivity index (χ4n) is 2.74. The number of hydrogen-bond acceptors (Lipinski definition) is 2. The van der Waals surface area contributed by atoms with Gasteiger partial charge in [-0.25, -0.2) is 0 Å². The van der Waals surface area contributed by atoms with Crippen LogP contribution in [0.4, 0.5) is 0 Å². The first-order chi connectivity index (χ1) is 9.81. The first-order valence-corrected chi connectivity index (χ1v) is 7.75. The molecule has 0 aliphatic carbocycles. The molecule has 4 heteroatoms. The van der Waals surface area contributed by atoms with E-state index in [0.29, 0.717) is 0 Å². The number of piperazine rings is 1. The Labute approximate surface area is 122 Å². The maximum Gasteiger partial charge on any atom is 0.127 e. The lowest BCUT2D eigenvalue weighted by Crippen LogP contribution is -3.28. The fraction of sp³-hybridized carbons (Fsp3) is 0.625. The molecule has 0 bridgehead atoms. The van der Waals surface area contributed by atoms with E-state index in [1.807, 2.05) is 24.3 Å². The largest absolute Gasteiger partial charge is 0.497 e. The van der Waals surface area contributed by atoms with Crippen molar-refractivity contribution in [2.45, 2.75) is 13.3 Å². The quantitative estimate of drug-likeness (QED) is 0.644. The Morgan fingerprint density at radius 1 is 0.950 bits per heavy atom. The number of rotatable bonds is 7. The molecule has 1 fully saturated rings. The Balaban J connectivity index is 1.59. The monoisotopic (exact) mass is 280 g/mol. The molecule has 0 saturated carbocycles. The summed E-state index contributed by atoms with van der Waals surface area (Å²) in [4.78, 5) is 3.49. The Hall–Kier alpha value is -1.26. The van der Waals surface area contributed by atoms with Crippen molar-refractivity contribution in [3.8, 4) is 11.5 Å². The van der Waals surface area contributed by atoms with E-state index in [1.165, 1.54) is 39.3 Å². The molecule has 0 atom stereocenters. The van der Waals surface area contributed by atoms with Crippen molar-refractivity contribution in [3.05, 3.63) is 24.3 Å². The summed E-state index contributed by atoms with van der Waals surface area (Å²) in [5.41, 5.74) is 0. The van der Waals surface area contributed by atoms with Crippen LogP contribution in [0, 0.1) is 0 Å². The van der Waals surface area contributed by atoms with Gasteiger partial charge in [0.25, 0.3) is 0 Å². The van der Waals surface area contributed by atoms with Crippen LogP contribution in [-0.2, 0) is 0 Å². The number of benzene rings is 1. The molecule has 1 aliphatic rings.